The van der Waals surface area contributed by atoms with E-state index in [1.165, 1.54) is 11.6 Å². The average Bonchev–Trinajstić information content (AvgIpc) is 2.66. The van der Waals surface area contributed by atoms with Crippen LogP contribution in [0.1, 0.15) is 45.2 Å². The molecule has 0 atom stereocenters. The molecule has 0 saturated carbocycles. The van der Waals surface area contributed by atoms with Crippen LogP contribution in [0.4, 0.5) is 0 Å². The molecule has 0 radical (unpaired) electrons. The van der Waals surface area contributed by atoms with Gasteiger partial charge in [-0.05, 0) is 43.9 Å². The van der Waals surface area contributed by atoms with E-state index in [0.29, 0.717) is 29.3 Å². The number of aromatic nitrogens is 2. The molecule has 2 aromatic heterocycles. The van der Waals surface area contributed by atoms with Crippen molar-refractivity contribution in [2.75, 3.05) is 0 Å². The molecule has 0 bridgehead atoms. The number of aromatic amines is 1. The lowest BCUT2D eigenvalue weighted by atomic mass is 10.1. The Morgan fingerprint density at radius 1 is 1.10 bits per heavy atom. The quantitative estimate of drug-likeness (QED) is 0.641. The Kier molecular flexibility index (Phi) is 6.39. The molecule has 1 aromatic carbocycles. The topological polar surface area (TPSA) is 105 Å². The summed E-state index contributed by atoms with van der Waals surface area (Å²) >= 11 is 0. The van der Waals surface area contributed by atoms with Gasteiger partial charge in [-0.1, -0.05) is 30.3 Å². The SMILES string of the molecule is Cc1cc(=O)[nH]c(CNC(=O)c2c(C)cc(CCCc3ccccc3)oc2=O)n1. The minimum atomic E-state index is -0.664. The fourth-order valence-corrected chi connectivity index (χ4v) is 3.16. The molecule has 0 spiro atoms. The monoisotopic (exact) mass is 393 g/mol. The van der Waals surface area contributed by atoms with Crippen LogP contribution in [0.15, 0.2) is 56.5 Å². The third-order valence-corrected chi connectivity index (χ3v) is 4.49. The summed E-state index contributed by atoms with van der Waals surface area (Å²) < 4.78 is 5.35. The van der Waals surface area contributed by atoms with Crippen molar-refractivity contribution in [1.82, 2.24) is 15.3 Å². The third-order valence-electron chi connectivity index (χ3n) is 4.49. The summed E-state index contributed by atoms with van der Waals surface area (Å²) in [4.78, 5) is 43.0. The lowest BCUT2D eigenvalue weighted by Crippen LogP contribution is -2.30. The van der Waals surface area contributed by atoms with E-state index in [1.807, 2.05) is 18.2 Å². The summed E-state index contributed by atoms with van der Waals surface area (Å²) in [7, 11) is 0. The molecule has 0 saturated heterocycles. The van der Waals surface area contributed by atoms with Gasteiger partial charge in [-0.3, -0.25) is 9.59 Å². The Bertz CT molecular complexity index is 1120. The number of nitrogens with one attached hydrogen (secondary N) is 2. The molecule has 2 heterocycles. The highest BCUT2D eigenvalue weighted by molar-refractivity contribution is 5.94. The molecule has 3 aromatic rings. The van der Waals surface area contributed by atoms with Gasteiger partial charge in [0, 0.05) is 18.2 Å². The number of hydrogen-bond donors (Lipinski definition) is 2. The largest absolute Gasteiger partial charge is 0.427 e. The van der Waals surface area contributed by atoms with Gasteiger partial charge in [0.2, 0.25) is 0 Å². The average molecular weight is 393 g/mol. The number of nitrogens with zero attached hydrogens (tertiary/aromatic N) is 1. The Morgan fingerprint density at radius 3 is 2.55 bits per heavy atom. The molecule has 1 amide bonds. The molecular formula is C22H23N3O4. The van der Waals surface area contributed by atoms with Crippen LogP contribution in [0.25, 0.3) is 0 Å². The molecule has 0 fully saturated rings. The van der Waals surface area contributed by atoms with Crippen molar-refractivity contribution in [2.45, 2.75) is 39.7 Å². The zero-order valence-electron chi connectivity index (χ0n) is 16.5. The second-order valence-corrected chi connectivity index (χ2v) is 6.91. The first kappa shape index (κ1) is 20.3. The number of rotatable bonds is 7. The van der Waals surface area contributed by atoms with Crippen LogP contribution < -0.4 is 16.5 Å². The van der Waals surface area contributed by atoms with E-state index in [1.54, 1.807) is 19.9 Å². The van der Waals surface area contributed by atoms with E-state index < -0.39 is 11.5 Å². The number of carbonyl (C=O) groups excluding carboxylic acids is 1. The van der Waals surface area contributed by atoms with Crippen LogP contribution in [0.3, 0.4) is 0 Å². The predicted molar refractivity (Wildman–Crippen MR) is 109 cm³/mol. The van der Waals surface area contributed by atoms with Crippen LogP contribution >= 0.6 is 0 Å². The number of hydrogen-bond acceptors (Lipinski definition) is 5. The van der Waals surface area contributed by atoms with Crippen LogP contribution in [0.5, 0.6) is 0 Å². The van der Waals surface area contributed by atoms with E-state index >= 15 is 0 Å². The standard InChI is InChI=1S/C22H23N3O4/c1-14-11-17(10-6-9-16-7-4-3-5-8-16)29-22(28)20(14)21(27)23-13-18-24-15(2)12-19(26)25-18/h3-5,7-8,11-12H,6,9-10,13H2,1-2H3,(H,23,27)(H,24,25,26). The molecule has 3 rings (SSSR count). The first-order chi connectivity index (χ1) is 13.9. The second-order valence-electron chi connectivity index (χ2n) is 6.91. The normalized spacial score (nSPS) is 10.7. The highest BCUT2D eigenvalue weighted by atomic mass is 16.4. The highest BCUT2D eigenvalue weighted by Crippen LogP contribution is 2.11. The fourth-order valence-electron chi connectivity index (χ4n) is 3.16. The van der Waals surface area contributed by atoms with Crippen molar-refractivity contribution in [3.8, 4) is 0 Å². The van der Waals surface area contributed by atoms with Crippen molar-refractivity contribution in [2.24, 2.45) is 0 Å². The van der Waals surface area contributed by atoms with Gasteiger partial charge in [-0.2, -0.15) is 0 Å². The molecule has 0 aliphatic carbocycles. The van der Waals surface area contributed by atoms with Crippen molar-refractivity contribution in [3.63, 3.8) is 0 Å². The van der Waals surface area contributed by atoms with Crippen molar-refractivity contribution >= 4 is 5.91 Å². The first-order valence-corrected chi connectivity index (χ1v) is 9.45. The third kappa shape index (κ3) is 5.51. The minimum Gasteiger partial charge on any atom is -0.427 e. The maximum absolute atomic E-state index is 12.4. The minimum absolute atomic E-state index is 0.00740. The molecule has 0 aliphatic rings. The molecule has 7 nitrogen and oxygen atoms in total. The van der Waals surface area contributed by atoms with Crippen molar-refractivity contribution in [3.05, 3.63) is 97.2 Å². The van der Waals surface area contributed by atoms with Crippen molar-refractivity contribution < 1.29 is 9.21 Å². The molecule has 29 heavy (non-hydrogen) atoms. The molecule has 7 heteroatoms. The number of aryl methyl sites for hydroxylation is 4. The summed E-state index contributed by atoms with van der Waals surface area (Å²) in [6, 6.07) is 13.2. The van der Waals surface area contributed by atoms with Crippen LogP contribution in [0, 0.1) is 13.8 Å². The molecular weight excluding hydrogens is 370 g/mol. The maximum atomic E-state index is 12.4. The van der Waals surface area contributed by atoms with Gasteiger partial charge < -0.3 is 14.7 Å². The Labute approximate surface area is 167 Å². The van der Waals surface area contributed by atoms with E-state index in [0.717, 1.165) is 12.8 Å². The lowest BCUT2D eigenvalue weighted by Gasteiger charge is -2.08. The zero-order valence-corrected chi connectivity index (χ0v) is 16.5. The highest BCUT2D eigenvalue weighted by Gasteiger charge is 2.17. The van der Waals surface area contributed by atoms with Gasteiger partial charge in [0.25, 0.3) is 11.5 Å². The first-order valence-electron chi connectivity index (χ1n) is 9.45. The maximum Gasteiger partial charge on any atom is 0.349 e. The van der Waals surface area contributed by atoms with Gasteiger partial charge in [-0.25, -0.2) is 9.78 Å². The predicted octanol–water partition coefficient (Wildman–Crippen LogP) is 2.45. The van der Waals surface area contributed by atoms with Gasteiger partial charge in [0.15, 0.2) is 0 Å². The lowest BCUT2D eigenvalue weighted by molar-refractivity contribution is 0.0944. The number of amides is 1. The smallest absolute Gasteiger partial charge is 0.349 e. The molecule has 0 unspecified atom stereocenters. The summed E-state index contributed by atoms with van der Waals surface area (Å²) in [5.41, 5.74) is 1.34. The van der Waals surface area contributed by atoms with Gasteiger partial charge >= 0.3 is 5.63 Å². The van der Waals surface area contributed by atoms with Gasteiger partial charge in [0.1, 0.15) is 17.1 Å². The van der Waals surface area contributed by atoms with Crippen LogP contribution in [-0.2, 0) is 19.4 Å². The van der Waals surface area contributed by atoms with Crippen molar-refractivity contribution in [1.29, 1.82) is 0 Å². The van der Waals surface area contributed by atoms with E-state index in [2.05, 4.69) is 27.4 Å². The Morgan fingerprint density at radius 2 is 1.86 bits per heavy atom. The second kappa shape index (κ2) is 9.14. The summed E-state index contributed by atoms with van der Waals surface area (Å²) in [6.07, 6.45) is 2.33. The van der Waals surface area contributed by atoms with Gasteiger partial charge in [0.05, 0.1) is 6.54 Å². The molecule has 2 N–H and O–H groups in total. The number of H-pyrrole nitrogens is 1. The Hall–Kier alpha value is -3.48. The van der Waals surface area contributed by atoms with E-state index in [-0.39, 0.29) is 17.7 Å². The number of benzene rings is 1. The summed E-state index contributed by atoms with van der Waals surface area (Å²) in [5, 5.41) is 2.60. The molecule has 150 valence electrons. The zero-order chi connectivity index (χ0) is 20.8. The van der Waals surface area contributed by atoms with E-state index in [9.17, 15) is 14.4 Å². The fraction of sp³-hybridized carbons (Fsp3) is 0.273. The number of carbonyl (C=O) groups is 1. The van der Waals surface area contributed by atoms with E-state index in [4.69, 9.17) is 4.42 Å². The molecule has 0 aliphatic heterocycles. The van der Waals surface area contributed by atoms with Gasteiger partial charge in [-0.15, -0.1) is 0 Å². The summed E-state index contributed by atoms with van der Waals surface area (Å²) in [5.74, 6) is 0.323. The van der Waals surface area contributed by atoms with Crippen LogP contribution in [0.2, 0.25) is 0 Å². The summed E-state index contributed by atoms with van der Waals surface area (Å²) in [6.45, 7) is 3.41. The van der Waals surface area contributed by atoms with Crippen LogP contribution in [-0.4, -0.2) is 15.9 Å². The Balaban J connectivity index is 1.64.